The first-order chi connectivity index (χ1) is 44.4. The van der Waals surface area contributed by atoms with Crippen LogP contribution in [-0.4, -0.2) is 0 Å². The van der Waals surface area contributed by atoms with E-state index in [-0.39, 0.29) is 5.41 Å². The van der Waals surface area contributed by atoms with Crippen molar-refractivity contribution in [3.63, 3.8) is 0 Å². The highest BCUT2D eigenvalue weighted by Gasteiger charge is 2.54. The van der Waals surface area contributed by atoms with E-state index in [2.05, 4.69) is 322 Å². The lowest BCUT2D eigenvalue weighted by Gasteiger charge is -2.33. The van der Waals surface area contributed by atoms with Gasteiger partial charge in [-0.15, -0.1) is 0 Å². The lowest BCUT2D eigenvalue weighted by molar-refractivity contribution is 0.714. The molecule has 5 aliphatic rings. The van der Waals surface area contributed by atoms with Gasteiger partial charge in [0.2, 0.25) is 0 Å². The molecule has 2 heteroatoms. The molecule has 12 aromatic carbocycles. The minimum atomic E-state index is -0.412. The molecule has 1 unspecified atom stereocenters. The predicted molar refractivity (Wildman–Crippen MR) is 378 cm³/mol. The van der Waals surface area contributed by atoms with Crippen LogP contribution < -0.4 is 10.2 Å². The fourth-order valence-electron chi connectivity index (χ4n) is 16.7. The molecule has 12 aromatic rings. The average Bonchev–Trinajstić information content (AvgIpc) is 1.52. The zero-order valence-corrected chi connectivity index (χ0v) is 51.2. The van der Waals surface area contributed by atoms with Gasteiger partial charge in [0, 0.05) is 28.4 Å². The number of hydrogen-bond donors (Lipinski definition) is 1. The van der Waals surface area contributed by atoms with Crippen molar-refractivity contribution in [2.45, 2.75) is 63.7 Å². The molecular weight excluding hydrogens is 1080 g/mol. The number of aryl methyl sites for hydroxylation is 3. The molecule has 430 valence electrons. The third-order valence-corrected chi connectivity index (χ3v) is 20.6. The van der Waals surface area contributed by atoms with Crippen LogP contribution in [0.15, 0.2) is 297 Å². The van der Waals surface area contributed by atoms with Crippen molar-refractivity contribution in [1.82, 2.24) is 0 Å². The lowest BCUT2D eigenvalue weighted by atomic mass is 9.68. The molecule has 0 fully saturated rings. The maximum atomic E-state index is 3.85. The summed E-state index contributed by atoms with van der Waals surface area (Å²) in [6.45, 7) is 6.77. The van der Waals surface area contributed by atoms with Crippen LogP contribution in [0, 0.1) is 13.8 Å². The lowest BCUT2D eigenvalue weighted by Crippen LogP contribution is -2.27. The third-order valence-electron chi connectivity index (χ3n) is 20.6. The highest BCUT2D eigenvalue weighted by Crippen LogP contribution is 2.65. The summed E-state index contributed by atoms with van der Waals surface area (Å²) in [5.74, 6) is 0. The van der Waals surface area contributed by atoms with Crippen LogP contribution in [0.5, 0.6) is 0 Å². The monoisotopic (exact) mass is 1150 g/mol. The SMILES string of the molecule is CC/C(=C\CCc1ccc(-c2ccc(N(c3ccccc3)c3ccc4c(c3)C3(c5ccccc5-c5ccccc53)c3ccccc3-4)cc2C)cc1)c1ccc(-c2ccc(Nc3ccc4c(c3)C3(C5=C(C=CCC5)c5ccccc53)c3ccccc3-4)cc2C)cc1. The molecule has 0 heterocycles. The number of benzene rings is 12. The van der Waals surface area contributed by atoms with Crippen LogP contribution in [0.25, 0.3) is 66.8 Å². The van der Waals surface area contributed by atoms with Crippen molar-refractivity contribution in [1.29, 1.82) is 0 Å². The van der Waals surface area contributed by atoms with Crippen LogP contribution in [0.1, 0.15) is 99.4 Å². The van der Waals surface area contributed by atoms with Crippen LogP contribution in [0.2, 0.25) is 0 Å². The number of allylic oxidation sites excluding steroid dienone is 6. The topological polar surface area (TPSA) is 15.3 Å². The van der Waals surface area contributed by atoms with Crippen LogP contribution >= 0.6 is 0 Å². The van der Waals surface area contributed by atoms with E-state index < -0.39 is 5.41 Å². The van der Waals surface area contributed by atoms with Crippen molar-refractivity contribution in [2.75, 3.05) is 10.2 Å². The molecule has 0 bridgehead atoms. The van der Waals surface area contributed by atoms with E-state index in [0.29, 0.717) is 0 Å². The molecule has 0 saturated heterocycles. The van der Waals surface area contributed by atoms with E-state index in [1.165, 1.54) is 134 Å². The Morgan fingerprint density at radius 3 is 1.47 bits per heavy atom. The smallest absolute Gasteiger partial charge is 0.0726 e. The Morgan fingerprint density at radius 2 is 0.878 bits per heavy atom. The Balaban J connectivity index is 0.587. The van der Waals surface area contributed by atoms with Crippen molar-refractivity contribution < 1.29 is 0 Å². The van der Waals surface area contributed by atoms with Gasteiger partial charge in [-0.3, -0.25) is 0 Å². The van der Waals surface area contributed by atoms with Gasteiger partial charge >= 0.3 is 0 Å². The Kier molecular flexibility index (Phi) is 12.7. The second-order valence-corrected chi connectivity index (χ2v) is 25.3. The maximum absolute atomic E-state index is 3.85. The molecule has 0 radical (unpaired) electrons. The molecule has 2 nitrogen and oxygen atoms in total. The van der Waals surface area contributed by atoms with Crippen molar-refractivity contribution >= 4 is 39.6 Å². The fourth-order valence-corrected chi connectivity index (χ4v) is 16.7. The highest BCUT2D eigenvalue weighted by atomic mass is 15.1. The third kappa shape index (κ3) is 8.17. The Hall–Kier alpha value is -10.5. The normalized spacial score (nSPS) is 15.7. The quantitative estimate of drug-likeness (QED) is 0.131. The fraction of sp³-hybridized carbons (Fsp3) is 0.114. The summed E-state index contributed by atoms with van der Waals surface area (Å²) in [6.07, 6.45) is 12.3. The maximum Gasteiger partial charge on any atom is 0.0726 e. The van der Waals surface area contributed by atoms with E-state index in [1.807, 2.05) is 0 Å². The molecule has 2 spiro atoms. The van der Waals surface area contributed by atoms with Crippen LogP contribution in [0.3, 0.4) is 0 Å². The van der Waals surface area contributed by atoms with E-state index >= 15 is 0 Å². The first-order valence-corrected chi connectivity index (χ1v) is 32.3. The molecule has 0 amide bonds. The number of hydrogen-bond acceptors (Lipinski definition) is 2. The summed E-state index contributed by atoms with van der Waals surface area (Å²) in [7, 11) is 0. The largest absolute Gasteiger partial charge is 0.356 e. The van der Waals surface area contributed by atoms with Gasteiger partial charge in [0.15, 0.2) is 0 Å². The number of anilines is 5. The van der Waals surface area contributed by atoms with E-state index in [9.17, 15) is 0 Å². The van der Waals surface area contributed by atoms with Gasteiger partial charge in [-0.25, -0.2) is 0 Å². The Morgan fingerprint density at radius 1 is 0.411 bits per heavy atom. The summed E-state index contributed by atoms with van der Waals surface area (Å²) in [5, 5.41) is 3.85. The Labute approximate surface area is 529 Å². The van der Waals surface area contributed by atoms with Crippen molar-refractivity contribution in [2.24, 2.45) is 0 Å². The molecule has 1 atom stereocenters. The van der Waals surface area contributed by atoms with Gasteiger partial charge in [0.05, 0.1) is 10.8 Å². The molecule has 0 saturated carbocycles. The summed E-state index contributed by atoms with van der Waals surface area (Å²) >= 11 is 0. The van der Waals surface area contributed by atoms with Gasteiger partial charge < -0.3 is 10.2 Å². The van der Waals surface area contributed by atoms with Gasteiger partial charge in [-0.2, -0.15) is 0 Å². The number of nitrogens with one attached hydrogen (secondary N) is 1. The van der Waals surface area contributed by atoms with Gasteiger partial charge in [0.1, 0.15) is 0 Å². The molecule has 1 N–H and O–H groups in total. The first-order valence-electron chi connectivity index (χ1n) is 32.3. The number of nitrogens with zero attached hydrogens (tertiary/aromatic N) is 1. The van der Waals surface area contributed by atoms with Crippen molar-refractivity contribution in [3.8, 4) is 55.6 Å². The van der Waals surface area contributed by atoms with E-state index in [0.717, 1.165) is 60.5 Å². The minimum absolute atomic E-state index is 0.277. The van der Waals surface area contributed by atoms with Gasteiger partial charge in [0.25, 0.3) is 0 Å². The minimum Gasteiger partial charge on any atom is -0.356 e. The van der Waals surface area contributed by atoms with Crippen LogP contribution in [-0.2, 0) is 17.3 Å². The molecule has 90 heavy (non-hydrogen) atoms. The summed E-state index contributed by atoms with van der Waals surface area (Å²) < 4.78 is 0. The predicted octanol–water partition coefficient (Wildman–Crippen LogP) is 23.1. The average molecular weight is 1150 g/mol. The molecule has 0 aliphatic heterocycles. The second-order valence-electron chi connectivity index (χ2n) is 25.3. The number of rotatable bonds is 12. The zero-order valence-electron chi connectivity index (χ0n) is 51.2. The van der Waals surface area contributed by atoms with E-state index in [4.69, 9.17) is 0 Å². The molecule has 0 aromatic heterocycles. The highest BCUT2D eigenvalue weighted by molar-refractivity contribution is 5.99. The molecular formula is C88H68N2. The second kappa shape index (κ2) is 21.4. The Bertz CT molecular complexity index is 4910. The zero-order chi connectivity index (χ0) is 60.1. The first kappa shape index (κ1) is 53.7. The summed E-state index contributed by atoms with van der Waals surface area (Å²) in [6, 6.07) is 103. The van der Waals surface area contributed by atoms with E-state index in [1.54, 1.807) is 5.57 Å². The number of fused-ring (bicyclic) bond motifs is 19. The van der Waals surface area contributed by atoms with Gasteiger partial charge in [-0.05, 0) is 246 Å². The summed E-state index contributed by atoms with van der Waals surface area (Å²) in [5.41, 5.74) is 38.3. The van der Waals surface area contributed by atoms with Gasteiger partial charge in [-0.1, -0.05) is 237 Å². The summed E-state index contributed by atoms with van der Waals surface area (Å²) in [4.78, 5) is 2.44. The van der Waals surface area contributed by atoms with Crippen molar-refractivity contribution in [3.05, 3.63) is 364 Å². The molecule has 5 aliphatic carbocycles. The standard InChI is InChI=1S/C88H68N2/c1-4-60(61-41-43-63(44-42-61)69-49-45-64(53-57(69)2)89-65-46-50-77-75-29-12-18-35-83(75)87(85(77)55-65)79-31-14-8-25-71(79)72-26-9-15-32-80(72)87)22-20-21-59-37-39-62(40-38-59)70-51-47-67(54-58(70)3)90(66-23-6-5-7-24-66)68-48-52-78-76-30-13-19-36-84(76)88(86(78)56-68)81-33-16-10-27-73(81)74-28-11-17-34-82(74)88/h5-14,16-19,22-31,33-56,89H,4,15,20-21,32H2,1-3H3/b60-22+. The van der Waals surface area contributed by atoms with Crippen LogP contribution in [0.4, 0.5) is 28.4 Å². The number of para-hydroxylation sites is 1. The molecule has 17 rings (SSSR count).